The van der Waals surface area contributed by atoms with E-state index in [9.17, 15) is 12.8 Å². The molecule has 0 amide bonds. The fourth-order valence-electron chi connectivity index (χ4n) is 1.75. The van der Waals surface area contributed by atoms with Gasteiger partial charge in [-0.2, -0.15) is 0 Å². The number of hydrogen-bond donors (Lipinski definition) is 1. The Morgan fingerprint density at radius 1 is 1.48 bits per heavy atom. The zero-order valence-electron chi connectivity index (χ0n) is 11.1. The molecular formula is C12H13BrFN3O3S. The minimum absolute atomic E-state index is 0.133. The third kappa shape index (κ3) is 3.60. The number of hydrogen-bond acceptors (Lipinski definition) is 4. The lowest BCUT2D eigenvalue weighted by Gasteiger charge is -2.11. The highest BCUT2D eigenvalue weighted by molar-refractivity contribution is 9.10. The van der Waals surface area contributed by atoms with E-state index >= 15 is 0 Å². The first-order valence-electron chi connectivity index (χ1n) is 5.97. The average molecular weight is 378 g/mol. The molecule has 1 aromatic carbocycles. The lowest BCUT2D eigenvalue weighted by molar-refractivity contribution is 0.286. The van der Waals surface area contributed by atoms with Crippen LogP contribution in [0.1, 0.15) is 12.7 Å². The third-order valence-corrected chi connectivity index (χ3v) is 4.34. The Kier molecular flexibility index (Phi) is 4.64. The second-order valence-electron chi connectivity index (χ2n) is 4.18. The summed E-state index contributed by atoms with van der Waals surface area (Å²) in [5, 5.41) is 4.92. The SMILES string of the molecule is CCn1ccnc1COc1cc(F)c(S(N)(=O)=O)cc1Br. The molecule has 0 saturated carbocycles. The van der Waals surface area contributed by atoms with E-state index in [1.165, 1.54) is 0 Å². The van der Waals surface area contributed by atoms with Crippen molar-refractivity contribution in [1.82, 2.24) is 9.55 Å². The summed E-state index contributed by atoms with van der Waals surface area (Å²) in [7, 11) is -4.12. The second-order valence-corrected chi connectivity index (χ2v) is 6.56. The molecule has 2 aromatic rings. The summed E-state index contributed by atoms with van der Waals surface area (Å²) in [6.07, 6.45) is 3.44. The number of halogens is 2. The number of benzene rings is 1. The highest BCUT2D eigenvalue weighted by atomic mass is 79.9. The molecule has 0 bridgehead atoms. The number of aromatic nitrogens is 2. The van der Waals surface area contributed by atoms with Gasteiger partial charge in [-0.05, 0) is 28.9 Å². The van der Waals surface area contributed by atoms with Gasteiger partial charge in [-0.3, -0.25) is 0 Å². The van der Waals surface area contributed by atoms with Gasteiger partial charge in [0, 0.05) is 25.0 Å². The maximum atomic E-state index is 13.8. The first-order chi connectivity index (χ1) is 9.82. The number of aryl methyl sites for hydroxylation is 1. The Hall–Kier alpha value is -1.45. The molecule has 0 atom stereocenters. The fraction of sp³-hybridized carbons (Fsp3) is 0.250. The lowest BCUT2D eigenvalue weighted by Crippen LogP contribution is -2.14. The van der Waals surface area contributed by atoms with Gasteiger partial charge in [0.1, 0.15) is 28.9 Å². The summed E-state index contributed by atoms with van der Waals surface area (Å²) in [5.41, 5.74) is 0. The predicted octanol–water partition coefficient (Wildman–Crippen LogP) is 2.03. The van der Waals surface area contributed by atoms with Crippen LogP contribution in [0, 0.1) is 5.82 Å². The number of nitrogens with two attached hydrogens (primary N) is 1. The largest absolute Gasteiger partial charge is 0.484 e. The van der Waals surface area contributed by atoms with Crippen LogP contribution in [0.3, 0.4) is 0 Å². The summed E-state index contributed by atoms with van der Waals surface area (Å²) in [4.78, 5) is 3.54. The van der Waals surface area contributed by atoms with E-state index in [0.29, 0.717) is 10.3 Å². The molecule has 2 N–H and O–H groups in total. The molecule has 0 unspecified atom stereocenters. The summed E-state index contributed by atoms with van der Waals surface area (Å²) in [5.74, 6) is -0.111. The maximum Gasteiger partial charge on any atom is 0.241 e. The Balaban J connectivity index is 2.24. The summed E-state index contributed by atoms with van der Waals surface area (Å²) < 4.78 is 43.8. The molecule has 114 valence electrons. The van der Waals surface area contributed by atoms with Crippen LogP contribution in [0.5, 0.6) is 5.75 Å². The van der Waals surface area contributed by atoms with Gasteiger partial charge in [0.25, 0.3) is 0 Å². The van der Waals surface area contributed by atoms with Gasteiger partial charge in [-0.25, -0.2) is 22.9 Å². The van der Waals surface area contributed by atoms with Gasteiger partial charge in [-0.15, -0.1) is 0 Å². The normalized spacial score (nSPS) is 11.6. The molecule has 0 fully saturated rings. The van der Waals surface area contributed by atoms with Crippen LogP contribution in [0.4, 0.5) is 4.39 Å². The van der Waals surface area contributed by atoms with Gasteiger partial charge >= 0.3 is 0 Å². The Morgan fingerprint density at radius 2 is 2.19 bits per heavy atom. The Morgan fingerprint density at radius 3 is 2.81 bits per heavy atom. The van der Waals surface area contributed by atoms with E-state index in [0.717, 1.165) is 18.7 Å². The number of ether oxygens (including phenoxy) is 1. The van der Waals surface area contributed by atoms with Crippen molar-refractivity contribution in [3.63, 3.8) is 0 Å². The topological polar surface area (TPSA) is 87.2 Å². The summed E-state index contributed by atoms with van der Waals surface area (Å²) in [6, 6.07) is 2.05. The van der Waals surface area contributed by atoms with E-state index in [2.05, 4.69) is 20.9 Å². The van der Waals surface area contributed by atoms with Crippen molar-refractivity contribution in [2.75, 3.05) is 0 Å². The van der Waals surface area contributed by atoms with E-state index < -0.39 is 20.7 Å². The molecule has 2 rings (SSSR count). The molecule has 1 heterocycles. The van der Waals surface area contributed by atoms with Crippen molar-refractivity contribution in [1.29, 1.82) is 0 Å². The highest BCUT2D eigenvalue weighted by Gasteiger charge is 2.18. The van der Waals surface area contributed by atoms with Crippen molar-refractivity contribution in [3.05, 3.63) is 40.6 Å². The minimum atomic E-state index is -4.12. The Bertz CT molecular complexity index is 761. The quantitative estimate of drug-likeness (QED) is 0.863. The van der Waals surface area contributed by atoms with Crippen LogP contribution in [0.25, 0.3) is 0 Å². The van der Waals surface area contributed by atoms with Crippen LogP contribution in [0.15, 0.2) is 33.9 Å². The second kappa shape index (κ2) is 6.12. The van der Waals surface area contributed by atoms with Gasteiger partial charge in [0.2, 0.25) is 10.0 Å². The lowest BCUT2D eigenvalue weighted by atomic mass is 10.3. The molecule has 0 aliphatic carbocycles. The first-order valence-corrected chi connectivity index (χ1v) is 8.31. The van der Waals surface area contributed by atoms with Gasteiger partial charge in [-0.1, -0.05) is 0 Å². The van der Waals surface area contributed by atoms with Crippen LogP contribution < -0.4 is 9.88 Å². The van der Waals surface area contributed by atoms with E-state index in [1.54, 1.807) is 12.4 Å². The molecule has 0 spiro atoms. The third-order valence-electron chi connectivity index (χ3n) is 2.79. The maximum absolute atomic E-state index is 13.8. The smallest absolute Gasteiger partial charge is 0.241 e. The number of primary sulfonamides is 1. The number of sulfonamides is 1. The standard InChI is InChI=1S/C12H13BrFN3O3S/c1-2-17-4-3-16-12(17)7-20-10-6-9(14)11(5-8(10)13)21(15,18)19/h3-6H,2,7H2,1H3,(H2,15,18,19). The molecule has 0 aliphatic heterocycles. The fourth-order valence-corrected chi connectivity index (χ4v) is 2.97. The zero-order valence-corrected chi connectivity index (χ0v) is 13.5. The molecule has 0 radical (unpaired) electrons. The van der Waals surface area contributed by atoms with Crippen LogP contribution in [-0.4, -0.2) is 18.0 Å². The van der Waals surface area contributed by atoms with E-state index in [-0.39, 0.29) is 12.4 Å². The van der Waals surface area contributed by atoms with Crippen molar-refractivity contribution in [3.8, 4) is 5.75 Å². The van der Waals surface area contributed by atoms with Crippen molar-refractivity contribution < 1.29 is 17.5 Å². The minimum Gasteiger partial charge on any atom is -0.484 e. The Labute approximate surface area is 129 Å². The summed E-state index contributed by atoms with van der Waals surface area (Å²) in [6.45, 7) is 2.83. The summed E-state index contributed by atoms with van der Waals surface area (Å²) >= 11 is 3.13. The van der Waals surface area contributed by atoms with Gasteiger partial charge in [0.05, 0.1) is 4.47 Å². The number of nitrogens with zero attached hydrogens (tertiary/aromatic N) is 2. The van der Waals surface area contributed by atoms with Crippen LogP contribution in [0.2, 0.25) is 0 Å². The molecule has 1 aromatic heterocycles. The number of rotatable bonds is 5. The molecule has 21 heavy (non-hydrogen) atoms. The van der Waals surface area contributed by atoms with E-state index in [4.69, 9.17) is 9.88 Å². The molecule has 9 heteroatoms. The first kappa shape index (κ1) is 15.9. The van der Waals surface area contributed by atoms with Gasteiger partial charge in [0.15, 0.2) is 0 Å². The molecule has 0 aliphatic rings. The molecule has 6 nitrogen and oxygen atoms in total. The van der Waals surface area contributed by atoms with E-state index in [1.807, 2.05) is 11.5 Å². The van der Waals surface area contributed by atoms with Crippen molar-refractivity contribution in [2.45, 2.75) is 25.0 Å². The monoisotopic (exact) mass is 377 g/mol. The highest BCUT2D eigenvalue weighted by Crippen LogP contribution is 2.30. The van der Waals surface area contributed by atoms with Gasteiger partial charge < -0.3 is 9.30 Å². The average Bonchev–Trinajstić information content (AvgIpc) is 2.85. The zero-order chi connectivity index (χ0) is 15.6. The van der Waals surface area contributed by atoms with Crippen molar-refractivity contribution >= 4 is 26.0 Å². The van der Waals surface area contributed by atoms with Crippen LogP contribution in [-0.2, 0) is 23.2 Å². The number of imidazole rings is 1. The van der Waals surface area contributed by atoms with Crippen molar-refractivity contribution in [2.24, 2.45) is 5.14 Å². The molecular weight excluding hydrogens is 365 g/mol. The predicted molar refractivity (Wildman–Crippen MR) is 77.7 cm³/mol. The molecule has 0 saturated heterocycles. The van der Waals surface area contributed by atoms with Crippen LogP contribution >= 0.6 is 15.9 Å².